The molecule has 1 aromatic carbocycles. The lowest BCUT2D eigenvalue weighted by Crippen LogP contribution is -2.19. The van der Waals surface area contributed by atoms with Gasteiger partial charge in [0.05, 0.1) is 18.6 Å². The van der Waals surface area contributed by atoms with Gasteiger partial charge in [-0.2, -0.15) is 0 Å². The van der Waals surface area contributed by atoms with Crippen molar-refractivity contribution in [2.75, 3.05) is 0 Å². The van der Waals surface area contributed by atoms with E-state index >= 15 is 0 Å². The van der Waals surface area contributed by atoms with Crippen molar-refractivity contribution in [2.45, 2.75) is 44.8 Å². The zero-order chi connectivity index (χ0) is 18.9. The number of allylic oxidation sites excluding steroid dienone is 4. The summed E-state index contributed by atoms with van der Waals surface area (Å²) in [6, 6.07) is 10.3. The zero-order valence-corrected chi connectivity index (χ0v) is 15.1. The molecule has 3 N–H and O–H groups in total. The molecule has 2 aliphatic carbocycles. The van der Waals surface area contributed by atoms with Crippen molar-refractivity contribution >= 4 is 11.5 Å². The SMILES string of the molecule is C=C1CC2(C)CC1C(c1ccccc1)=C2/C=C/C(O)CC(O)CC(=O)O. The van der Waals surface area contributed by atoms with E-state index in [2.05, 4.69) is 25.6 Å². The number of aliphatic hydroxyl groups excluding tert-OH is 2. The highest BCUT2D eigenvalue weighted by atomic mass is 16.4. The molecule has 0 aromatic heterocycles. The maximum absolute atomic E-state index is 10.6. The Kier molecular flexibility index (Phi) is 5.17. The quantitative estimate of drug-likeness (QED) is 0.654. The fourth-order valence-corrected chi connectivity index (χ4v) is 4.43. The Morgan fingerprint density at radius 2 is 2.04 bits per heavy atom. The van der Waals surface area contributed by atoms with E-state index in [1.165, 1.54) is 22.3 Å². The van der Waals surface area contributed by atoms with Gasteiger partial charge in [-0.3, -0.25) is 4.79 Å². The van der Waals surface area contributed by atoms with E-state index in [0.29, 0.717) is 5.92 Å². The lowest BCUT2D eigenvalue weighted by Gasteiger charge is -2.27. The number of carboxylic acid groups (broad SMARTS) is 1. The molecule has 4 atom stereocenters. The van der Waals surface area contributed by atoms with Gasteiger partial charge in [0.25, 0.3) is 0 Å². The molecule has 26 heavy (non-hydrogen) atoms. The molecule has 4 nitrogen and oxygen atoms in total. The summed E-state index contributed by atoms with van der Waals surface area (Å²) in [6.45, 7) is 6.49. The molecule has 1 saturated carbocycles. The molecule has 0 aliphatic heterocycles. The van der Waals surface area contributed by atoms with Crippen molar-refractivity contribution in [3.8, 4) is 0 Å². The van der Waals surface area contributed by atoms with Gasteiger partial charge >= 0.3 is 5.97 Å². The van der Waals surface area contributed by atoms with Gasteiger partial charge in [-0.25, -0.2) is 0 Å². The van der Waals surface area contributed by atoms with Crippen LogP contribution < -0.4 is 0 Å². The van der Waals surface area contributed by atoms with Gasteiger partial charge in [0.15, 0.2) is 0 Å². The molecule has 1 fully saturated rings. The van der Waals surface area contributed by atoms with Gasteiger partial charge in [0.2, 0.25) is 0 Å². The van der Waals surface area contributed by atoms with Gasteiger partial charge in [-0.1, -0.05) is 61.6 Å². The number of aliphatic carboxylic acids is 1. The number of hydrogen-bond acceptors (Lipinski definition) is 3. The van der Waals surface area contributed by atoms with Crippen molar-refractivity contribution < 1.29 is 20.1 Å². The minimum Gasteiger partial charge on any atom is -0.481 e. The Labute approximate surface area is 154 Å². The van der Waals surface area contributed by atoms with Gasteiger partial charge < -0.3 is 15.3 Å². The van der Waals surface area contributed by atoms with Crippen LogP contribution in [0, 0.1) is 11.3 Å². The van der Waals surface area contributed by atoms with Crippen LogP contribution >= 0.6 is 0 Å². The Hall–Kier alpha value is -2.17. The zero-order valence-electron chi connectivity index (χ0n) is 15.1. The third kappa shape index (κ3) is 3.67. The molecule has 3 rings (SSSR count). The number of aliphatic hydroxyl groups is 2. The molecule has 4 unspecified atom stereocenters. The van der Waals surface area contributed by atoms with Crippen LogP contribution in [0.25, 0.3) is 5.57 Å². The second-order valence-corrected chi connectivity index (χ2v) is 7.76. The van der Waals surface area contributed by atoms with Crippen molar-refractivity contribution in [2.24, 2.45) is 11.3 Å². The van der Waals surface area contributed by atoms with E-state index in [1.807, 2.05) is 24.3 Å². The molecule has 4 heteroatoms. The molecule has 0 amide bonds. The fourth-order valence-electron chi connectivity index (χ4n) is 4.43. The lowest BCUT2D eigenvalue weighted by molar-refractivity contribution is -0.139. The molecule has 0 saturated heterocycles. The van der Waals surface area contributed by atoms with Crippen LogP contribution in [0.2, 0.25) is 0 Å². The summed E-state index contributed by atoms with van der Waals surface area (Å²) in [4.78, 5) is 10.6. The highest BCUT2D eigenvalue weighted by molar-refractivity contribution is 5.80. The van der Waals surface area contributed by atoms with E-state index in [9.17, 15) is 15.0 Å². The van der Waals surface area contributed by atoms with Crippen LogP contribution in [-0.4, -0.2) is 33.5 Å². The Bertz CT molecular complexity index is 762. The summed E-state index contributed by atoms with van der Waals surface area (Å²) in [5.74, 6) is -0.723. The molecule has 2 bridgehead atoms. The predicted molar refractivity (Wildman–Crippen MR) is 101 cm³/mol. The molecular weight excluding hydrogens is 328 g/mol. The summed E-state index contributed by atoms with van der Waals surface area (Å²) < 4.78 is 0. The topological polar surface area (TPSA) is 77.8 Å². The van der Waals surface area contributed by atoms with Crippen LogP contribution in [-0.2, 0) is 4.79 Å². The molecule has 0 heterocycles. The Morgan fingerprint density at radius 1 is 1.35 bits per heavy atom. The van der Waals surface area contributed by atoms with E-state index in [4.69, 9.17) is 5.11 Å². The normalized spacial score (nSPS) is 27.3. The number of fused-ring (bicyclic) bond motifs is 2. The number of carbonyl (C=O) groups is 1. The number of hydrogen-bond donors (Lipinski definition) is 3. The Balaban J connectivity index is 1.85. The van der Waals surface area contributed by atoms with Crippen molar-refractivity contribution in [1.82, 2.24) is 0 Å². The molecule has 2 aliphatic rings. The first-order valence-corrected chi connectivity index (χ1v) is 9.04. The summed E-state index contributed by atoms with van der Waals surface area (Å²) in [6.07, 6.45) is 3.36. The average Bonchev–Trinajstić information content (AvgIpc) is 3.01. The third-order valence-corrected chi connectivity index (χ3v) is 5.55. The monoisotopic (exact) mass is 354 g/mol. The van der Waals surface area contributed by atoms with Crippen molar-refractivity contribution in [1.29, 1.82) is 0 Å². The summed E-state index contributed by atoms with van der Waals surface area (Å²) >= 11 is 0. The summed E-state index contributed by atoms with van der Waals surface area (Å²) in [5, 5.41) is 28.6. The van der Waals surface area contributed by atoms with E-state index in [-0.39, 0.29) is 18.3 Å². The molecule has 0 radical (unpaired) electrons. The first-order chi connectivity index (χ1) is 12.3. The molecule has 1 aromatic rings. The third-order valence-electron chi connectivity index (χ3n) is 5.55. The molecular formula is C22H26O4. The van der Waals surface area contributed by atoms with Crippen LogP contribution in [0.3, 0.4) is 0 Å². The standard InChI is InChI=1S/C22H26O4/c1-14-12-22(2)13-18(14)21(15-6-4-3-5-7-15)19(22)9-8-16(23)10-17(24)11-20(25)26/h3-9,16-18,23-24H,1,10-13H2,2H3,(H,25,26)/b9-8+. The fraction of sp³-hybridized carbons (Fsp3) is 0.409. The van der Waals surface area contributed by atoms with Crippen molar-refractivity contribution in [3.05, 3.63) is 65.8 Å². The van der Waals surface area contributed by atoms with E-state index in [1.54, 1.807) is 6.08 Å². The highest BCUT2D eigenvalue weighted by Crippen LogP contribution is 2.62. The summed E-state index contributed by atoms with van der Waals surface area (Å²) in [7, 11) is 0. The van der Waals surface area contributed by atoms with Gasteiger partial charge in [0.1, 0.15) is 0 Å². The molecule has 0 spiro atoms. The smallest absolute Gasteiger partial charge is 0.305 e. The van der Waals surface area contributed by atoms with E-state index < -0.39 is 18.2 Å². The van der Waals surface area contributed by atoms with Gasteiger partial charge in [-0.15, -0.1) is 0 Å². The Morgan fingerprint density at radius 3 is 2.69 bits per heavy atom. The van der Waals surface area contributed by atoms with Crippen molar-refractivity contribution in [3.63, 3.8) is 0 Å². The van der Waals surface area contributed by atoms with Crippen LogP contribution in [0.1, 0.15) is 38.2 Å². The second-order valence-electron chi connectivity index (χ2n) is 7.76. The van der Waals surface area contributed by atoms with Crippen LogP contribution in [0.5, 0.6) is 0 Å². The highest BCUT2D eigenvalue weighted by Gasteiger charge is 2.48. The lowest BCUT2D eigenvalue weighted by atomic mass is 9.77. The summed E-state index contributed by atoms with van der Waals surface area (Å²) in [5.41, 5.74) is 4.96. The minimum absolute atomic E-state index is 0.0167. The first kappa shape index (κ1) is 18.6. The van der Waals surface area contributed by atoms with Gasteiger partial charge in [-0.05, 0) is 35.0 Å². The molecule has 138 valence electrons. The number of carboxylic acids is 1. The predicted octanol–water partition coefficient (Wildman–Crippen LogP) is 3.57. The first-order valence-electron chi connectivity index (χ1n) is 9.04. The number of benzene rings is 1. The average molecular weight is 354 g/mol. The minimum atomic E-state index is -1.07. The van der Waals surface area contributed by atoms with Gasteiger partial charge in [0, 0.05) is 12.3 Å². The number of rotatable bonds is 7. The maximum atomic E-state index is 10.6. The van der Waals surface area contributed by atoms with Crippen LogP contribution in [0.4, 0.5) is 0 Å². The maximum Gasteiger partial charge on any atom is 0.305 e. The largest absolute Gasteiger partial charge is 0.481 e. The second kappa shape index (κ2) is 7.22. The van der Waals surface area contributed by atoms with Crippen LogP contribution in [0.15, 0.2) is 60.2 Å². The van der Waals surface area contributed by atoms with E-state index in [0.717, 1.165) is 12.8 Å².